The van der Waals surface area contributed by atoms with Gasteiger partial charge < -0.3 is 9.80 Å². The Bertz CT molecular complexity index is 562. The fourth-order valence-electron chi connectivity index (χ4n) is 2.49. The summed E-state index contributed by atoms with van der Waals surface area (Å²) in [4.78, 5) is 13.0. The summed E-state index contributed by atoms with van der Waals surface area (Å²) in [5.41, 5.74) is 0.683. The molecule has 0 saturated carbocycles. The highest BCUT2D eigenvalue weighted by Gasteiger charge is 2.15. The van der Waals surface area contributed by atoms with E-state index in [9.17, 15) is 0 Å². The van der Waals surface area contributed by atoms with Gasteiger partial charge in [-0.05, 0) is 37.5 Å². The molecule has 0 atom stereocenters. The number of halogens is 1. The van der Waals surface area contributed by atoms with Crippen LogP contribution in [0.2, 0.25) is 5.28 Å². The van der Waals surface area contributed by atoms with E-state index >= 15 is 0 Å². The summed E-state index contributed by atoms with van der Waals surface area (Å²) in [7, 11) is 2.03. The maximum Gasteiger partial charge on any atom is 0.226 e. The highest BCUT2D eigenvalue weighted by Crippen LogP contribution is 2.22. The lowest BCUT2D eigenvalue weighted by Gasteiger charge is -2.22. The van der Waals surface area contributed by atoms with Gasteiger partial charge in [0, 0.05) is 20.1 Å². The largest absolute Gasteiger partial charge is 0.358 e. The maximum atomic E-state index is 5.95. The summed E-state index contributed by atoms with van der Waals surface area (Å²) >= 11 is 5.95. The van der Waals surface area contributed by atoms with E-state index in [-0.39, 0.29) is 5.28 Å². The molecule has 7 heteroatoms. The normalized spacial score (nSPS) is 16.3. The zero-order chi connectivity index (χ0) is 13.2. The molecule has 0 amide bonds. The van der Waals surface area contributed by atoms with Crippen LogP contribution < -0.4 is 4.90 Å². The monoisotopic (exact) mass is 280 g/mol. The predicted molar refractivity (Wildman–Crippen MR) is 75.6 cm³/mol. The Labute approximate surface area is 116 Å². The van der Waals surface area contributed by atoms with E-state index in [1.807, 2.05) is 7.05 Å². The lowest BCUT2D eigenvalue weighted by molar-refractivity contribution is 0.346. The Morgan fingerprint density at radius 3 is 2.95 bits per heavy atom. The summed E-state index contributed by atoms with van der Waals surface area (Å²) in [5.74, 6) is 0.836. The number of fused-ring (bicyclic) bond motifs is 1. The molecule has 102 valence electrons. The zero-order valence-corrected chi connectivity index (χ0v) is 11.7. The van der Waals surface area contributed by atoms with Crippen molar-refractivity contribution in [2.75, 3.05) is 38.1 Å². The van der Waals surface area contributed by atoms with Crippen LogP contribution in [0, 0.1) is 0 Å². The first-order chi connectivity index (χ1) is 9.24. The van der Waals surface area contributed by atoms with Crippen LogP contribution in [-0.4, -0.2) is 58.3 Å². The van der Waals surface area contributed by atoms with Crippen LogP contribution in [0.1, 0.15) is 12.8 Å². The number of aromatic nitrogens is 4. The molecule has 0 unspecified atom stereocenters. The minimum absolute atomic E-state index is 0.250. The predicted octanol–water partition coefficient (Wildman–Crippen LogP) is 1.54. The molecular weight excluding hydrogens is 264 g/mol. The molecule has 0 bridgehead atoms. The fraction of sp³-hybridized carbons (Fsp3) is 0.583. The molecular formula is C12H17ClN6. The van der Waals surface area contributed by atoms with E-state index in [0.717, 1.165) is 24.3 Å². The maximum absolute atomic E-state index is 5.95. The molecule has 1 fully saturated rings. The topological polar surface area (TPSA) is 60.9 Å². The fourth-order valence-corrected chi connectivity index (χ4v) is 2.65. The van der Waals surface area contributed by atoms with Crippen molar-refractivity contribution < 1.29 is 0 Å². The van der Waals surface area contributed by atoms with Gasteiger partial charge in [-0.1, -0.05) is 0 Å². The van der Waals surface area contributed by atoms with Gasteiger partial charge in [-0.2, -0.15) is 15.1 Å². The standard InChI is InChI=1S/C12H17ClN6/c1-18(6-7-19-4-2-3-5-19)11-9-8-14-17-10(9)15-12(13)16-11/h8H,2-7H2,1H3,(H,14,15,16,17). The summed E-state index contributed by atoms with van der Waals surface area (Å²) in [5, 5.41) is 7.99. The van der Waals surface area contributed by atoms with E-state index in [1.54, 1.807) is 6.20 Å². The van der Waals surface area contributed by atoms with E-state index < -0.39 is 0 Å². The molecule has 0 aromatic carbocycles. The third-order valence-corrected chi connectivity index (χ3v) is 3.74. The molecule has 19 heavy (non-hydrogen) atoms. The minimum atomic E-state index is 0.250. The second kappa shape index (κ2) is 5.30. The smallest absolute Gasteiger partial charge is 0.226 e. The van der Waals surface area contributed by atoms with Gasteiger partial charge in [0.25, 0.3) is 0 Å². The minimum Gasteiger partial charge on any atom is -0.358 e. The van der Waals surface area contributed by atoms with Crippen molar-refractivity contribution in [1.29, 1.82) is 0 Å². The molecule has 3 heterocycles. The Morgan fingerprint density at radius 1 is 1.37 bits per heavy atom. The quantitative estimate of drug-likeness (QED) is 0.861. The second-order valence-corrected chi connectivity index (χ2v) is 5.26. The molecule has 0 aliphatic carbocycles. The van der Waals surface area contributed by atoms with Gasteiger partial charge in [-0.25, -0.2) is 0 Å². The molecule has 1 N–H and O–H groups in total. The number of aromatic amines is 1. The van der Waals surface area contributed by atoms with Gasteiger partial charge in [0.05, 0.1) is 11.6 Å². The van der Waals surface area contributed by atoms with E-state index in [2.05, 4.69) is 30.0 Å². The van der Waals surface area contributed by atoms with Gasteiger partial charge in [0.2, 0.25) is 5.28 Å². The van der Waals surface area contributed by atoms with Crippen LogP contribution in [0.3, 0.4) is 0 Å². The van der Waals surface area contributed by atoms with Crippen molar-refractivity contribution in [3.05, 3.63) is 11.5 Å². The summed E-state index contributed by atoms with van der Waals surface area (Å²) in [6.07, 6.45) is 4.37. The number of H-pyrrole nitrogens is 1. The van der Waals surface area contributed by atoms with Crippen LogP contribution in [0.5, 0.6) is 0 Å². The number of nitrogens with zero attached hydrogens (tertiary/aromatic N) is 5. The highest BCUT2D eigenvalue weighted by molar-refractivity contribution is 6.28. The molecule has 2 aromatic rings. The molecule has 1 aliphatic heterocycles. The van der Waals surface area contributed by atoms with Crippen molar-refractivity contribution in [3.63, 3.8) is 0 Å². The first kappa shape index (κ1) is 12.6. The molecule has 6 nitrogen and oxygen atoms in total. The molecule has 1 aliphatic rings. The van der Waals surface area contributed by atoms with E-state index in [4.69, 9.17) is 11.6 Å². The third kappa shape index (κ3) is 2.64. The highest BCUT2D eigenvalue weighted by atomic mass is 35.5. The van der Waals surface area contributed by atoms with Crippen LogP contribution in [0.15, 0.2) is 6.20 Å². The van der Waals surface area contributed by atoms with Gasteiger partial charge in [-0.3, -0.25) is 5.10 Å². The van der Waals surface area contributed by atoms with E-state index in [0.29, 0.717) is 5.65 Å². The number of nitrogens with one attached hydrogen (secondary N) is 1. The Morgan fingerprint density at radius 2 is 2.16 bits per heavy atom. The number of anilines is 1. The van der Waals surface area contributed by atoms with Crippen LogP contribution in [-0.2, 0) is 0 Å². The number of likely N-dealkylation sites (N-methyl/N-ethyl adjacent to an activating group) is 1. The Balaban J connectivity index is 1.76. The van der Waals surface area contributed by atoms with Crippen molar-refractivity contribution >= 4 is 28.5 Å². The molecule has 0 radical (unpaired) electrons. The second-order valence-electron chi connectivity index (χ2n) is 4.92. The average molecular weight is 281 g/mol. The summed E-state index contributed by atoms with van der Waals surface area (Å²) in [6.45, 7) is 4.39. The average Bonchev–Trinajstić information content (AvgIpc) is 3.05. The first-order valence-corrected chi connectivity index (χ1v) is 6.92. The lowest BCUT2D eigenvalue weighted by Crippen LogP contribution is -2.31. The van der Waals surface area contributed by atoms with Crippen LogP contribution in [0.25, 0.3) is 11.0 Å². The van der Waals surface area contributed by atoms with E-state index in [1.165, 1.54) is 25.9 Å². The Kier molecular flexibility index (Phi) is 3.52. The van der Waals surface area contributed by atoms with Crippen molar-refractivity contribution in [1.82, 2.24) is 25.1 Å². The molecule has 3 rings (SSSR count). The van der Waals surface area contributed by atoms with Crippen molar-refractivity contribution in [2.24, 2.45) is 0 Å². The number of rotatable bonds is 4. The lowest BCUT2D eigenvalue weighted by atomic mass is 10.3. The number of hydrogen-bond donors (Lipinski definition) is 1. The summed E-state index contributed by atoms with van der Waals surface area (Å²) in [6, 6.07) is 0. The van der Waals surface area contributed by atoms with Gasteiger partial charge in [-0.15, -0.1) is 0 Å². The van der Waals surface area contributed by atoms with Crippen molar-refractivity contribution in [2.45, 2.75) is 12.8 Å². The SMILES string of the molecule is CN(CCN1CCCC1)c1nc(Cl)nc2[nH]ncc12. The van der Waals surface area contributed by atoms with Gasteiger partial charge in [0.1, 0.15) is 5.82 Å². The number of likely N-dealkylation sites (tertiary alicyclic amines) is 1. The number of hydrogen-bond acceptors (Lipinski definition) is 5. The van der Waals surface area contributed by atoms with Gasteiger partial charge in [0.15, 0.2) is 5.65 Å². The molecule has 2 aromatic heterocycles. The summed E-state index contributed by atoms with van der Waals surface area (Å²) < 4.78 is 0. The van der Waals surface area contributed by atoms with Crippen LogP contribution in [0.4, 0.5) is 5.82 Å². The van der Waals surface area contributed by atoms with Crippen LogP contribution >= 0.6 is 11.6 Å². The van der Waals surface area contributed by atoms with Crippen molar-refractivity contribution in [3.8, 4) is 0 Å². The Hall–Kier alpha value is -1.40. The molecule has 0 spiro atoms. The molecule has 1 saturated heterocycles. The third-order valence-electron chi connectivity index (χ3n) is 3.57. The first-order valence-electron chi connectivity index (χ1n) is 6.54. The van der Waals surface area contributed by atoms with Gasteiger partial charge >= 0.3 is 0 Å². The zero-order valence-electron chi connectivity index (χ0n) is 10.9.